The van der Waals surface area contributed by atoms with E-state index in [4.69, 9.17) is 22.7 Å². The summed E-state index contributed by atoms with van der Waals surface area (Å²) < 4.78 is 5.61. The van der Waals surface area contributed by atoms with Crippen LogP contribution in [0.2, 0.25) is 0 Å². The molecule has 0 aromatic heterocycles. The first-order chi connectivity index (χ1) is 9.16. The zero-order valence-electron chi connectivity index (χ0n) is 10.8. The van der Waals surface area contributed by atoms with Crippen molar-refractivity contribution in [2.75, 3.05) is 19.7 Å². The summed E-state index contributed by atoms with van der Waals surface area (Å²) in [6, 6.07) is 7.41. The first-order valence-corrected chi connectivity index (χ1v) is 6.88. The maximum Gasteiger partial charge on any atom is 0.222 e. The fourth-order valence-corrected chi connectivity index (χ4v) is 2.24. The highest BCUT2D eigenvalue weighted by molar-refractivity contribution is 7.80. The molecule has 0 spiro atoms. The largest absolute Gasteiger partial charge is 0.494 e. The maximum atomic E-state index is 11.4. The average molecular weight is 278 g/mol. The molecule has 0 bridgehead atoms. The van der Waals surface area contributed by atoms with Gasteiger partial charge in [-0.3, -0.25) is 4.79 Å². The number of hydrogen-bond donors (Lipinski definition) is 1. The van der Waals surface area contributed by atoms with Crippen molar-refractivity contribution < 1.29 is 9.53 Å². The molecule has 5 heteroatoms. The summed E-state index contributed by atoms with van der Waals surface area (Å²) in [6.45, 7) is 2.28. The molecule has 1 aromatic rings. The van der Waals surface area contributed by atoms with E-state index in [1.807, 2.05) is 29.2 Å². The zero-order valence-corrected chi connectivity index (χ0v) is 11.6. The average Bonchev–Trinajstić information content (AvgIpc) is 2.81. The molecule has 1 fully saturated rings. The minimum atomic E-state index is 0.265. The highest BCUT2D eigenvalue weighted by Crippen LogP contribution is 2.13. The van der Waals surface area contributed by atoms with Crippen LogP contribution < -0.4 is 10.5 Å². The van der Waals surface area contributed by atoms with E-state index >= 15 is 0 Å². The summed E-state index contributed by atoms with van der Waals surface area (Å²) >= 11 is 4.88. The number of carbonyl (C=O) groups is 1. The Morgan fingerprint density at radius 2 is 2.11 bits per heavy atom. The number of likely N-dealkylation sites (tertiary alicyclic amines) is 1. The van der Waals surface area contributed by atoms with Crippen molar-refractivity contribution in [2.24, 2.45) is 5.73 Å². The van der Waals surface area contributed by atoms with Crippen LogP contribution in [0.3, 0.4) is 0 Å². The molecule has 4 nitrogen and oxygen atoms in total. The van der Waals surface area contributed by atoms with Gasteiger partial charge in [0.05, 0.1) is 6.61 Å². The van der Waals surface area contributed by atoms with Crippen molar-refractivity contribution in [1.29, 1.82) is 0 Å². The summed E-state index contributed by atoms with van der Waals surface area (Å²) in [5.41, 5.74) is 6.36. The fraction of sp³-hybridized carbons (Fsp3) is 0.429. The van der Waals surface area contributed by atoms with Crippen LogP contribution in [0, 0.1) is 0 Å². The van der Waals surface area contributed by atoms with Crippen molar-refractivity contribution in [2.45, 2.75) is 19.3 Å². The van der Waals surface area contributed by atoms with Crippen LogP contribution in [0.5, 0.6) is 5.75 Å². The molecular weight excluding hydrogens is 260 g/mol. The van der Waals surface area contributed by atoms with Gasteiger partial charge in [-0.15, -0.1) is 0 Å². The number of carbonyl (C=O) groups excluding carboxylic acids is 1. The highest BCUT2D eigenvalue weighted by atomic mass is 32.1. The number of ether oxygens (including phenoxy) is 1. The Kier molecular flexibility index (Phi) is 4.74. The van der Waals surface area contributed by atoms with E-state index < -0.39 is 0 Å². The van der Waals surface area contributed by atoms with E-state index in [9.17, 15) is 4.79 Å². The van der Waals surface area contributed by atoms with Crippen LogP contribution >= 0.6 is 12.2 Å². The molecule has 1 aliphatic rings. The molecule has 1 amide bonds. The third-order valence-corrected chi connectivity index (χ3v) is 3.39. The number of amides is 1. The maximum absolute atomic E-state index is 11.4. The van der Waals surface area contributed by atoms with Gasteiger partial charge in [-0.25, -0.2) is 0 Å². The van der Waals surface area contributed by atoms with Crippen molar-refractivity contribution in [3.05, 3.63) is 29.8 Å². The third kappa shape index (κ3) is 3.92. The predicted molar refractivity (Wildman–Crippen MR) is 78.3 cm³/mol. The van der Waals surface area contributed by atoms with Gasteiger partial charge in [0.15, 0.2) is 0 Å². The Balaban J connectivity index is 1.70. The molecule has 19 heavy (non-hydrogen) atoms. The van der Waals surface area contributed by atoms with Crippen LogP contribution in [-0.2, 0) is 4.79 Å². The second-order valence-electron chi connectivity index (χ2n) is 4.57. The molecule has 1 heterocycles. The van der Waals surface area contributed by atoms with Gasteiger partial charge < -0.3 is 15.4 Å². The Morgan fingerprint density at radius 3 is 2.68 bits per heavy atom. The molecule has 1 aromatic carbocycles. The Labute approximate surface area is 118 Å². The number of nitrogens with zero attached hydrogens (tertiary/aromatic N) is 1. The summed E-state index contributed by atoms with van der Waals surface area (Å²) in [4.78, 5) is 13.7. The van der Waals surface area contributed by atoms with Crippen molar-refractivity contribution >= 4 is 23.1 Å². The number of benzene rings is 1. The van der Waals surface area contributed by atoms with Gasteiger partial charge in [0, 0.05) is 25.1 Å². The highest BCUT2D eigenvalue weighted by Gasteiger charge is 2.18. The standard InChI is InChI=1S/C14H18N2O2S/c15-14(19)11-4-6-12(7-5-11)18-10-2-9-16-8-1-3-13(16)17/h4-7H,1-3,8-10H2,(H2,15,19). The van der Waals surface area contributed by atoms with Crippen molar-refractivity contribution in [3.63, 3.8) is 0 Å². The lowest BCUT2D eigenvalue weighted by Crippen LogP contribution is -2.26. The van der Waals surface area contributed by atoms with Crippen LogP contribution in [0.25, 0.3) is 0 Å². The molecule has 0 saturated carbocycles. The summed E-state index contributed by atoms with van der Waals surface area (Å²) in [6.07, 6.45) is 2.53. The van der Waals surface area contributed by atoms with E-state index in [1.54, 1.807) is 0 Å². The molecule has 1 aliphatic heterocycles. The van der Waals surface area contributed by atoms with Crippen LogP contribution in [0.15, 0.2) is 24.3 Å². The fourth-order valence-electron chi connectivity index (χ4n) is 2.10. The normalized spacial score (nSPS) is 14.7. The summed E-state index contributed by atoms with van der Waals surface area (Å²) in [5, 5.41) is 0. The second-order valence-corrected chi connectivity index (χ2v) is 5.01. The summed E-state index contributed by atoms with van der Waals surface area (Å²) in [7, 11) is 0. The molecule has 0 atom stereocenters. The van der Waals surface area contributed by atoms with Gasteiger partial charge in [0.25, 0.3) is 0 Å². The van der Waals surface area contributed by atoms with Gasteiger partial charge in [0.2, 0.25) is 5.91 Å². The lowest BCUT2D eigenvalue weighted by Gasteiger charge is -2.15. The van der Waals surface area contributed by atoms with Crippen molar-refractivity contribution in [1.82, 2.24) is 4.90 Å². The molecule has 0 radical (unpaired) electrons. The van der Waals surface area contributed by atoms with Gasteiger partial charge in [-0.2, -0.15) is 0 Å². The first kappa shape index (κ1) is 13.8. The minimum absolute atomic E-state index is 0.265. The van der Waals surface area contributed by atoms with Gasteiger partial charge in [0.1, 0.15) is 10.7 Å². The van der Waals surface area contributed by atoms with E-state index in [0.29, 0.717) is 18.0 Å². The molecular formula is C14H18N2O2S. The minimum Gasteiger partial charge on any atom is -0.494 e. The molecule has 2 rings (SSSR count). The Morgan fingerprint density at radius 1 is 1.37 bits per heavy atom. The topological polar surface area (TPSA) is 55.6 Å². The molecule has 2 N–H and O–H groups in total. The lowest BCUT2D eigenvalue weighted by atomic mass is 10.2. The molecule has 1 saturated heterocycles. The zero-order chi connectivity index (χ0) is 13.7. The molecule has 0 unspecified atom stereocenters. The molecule has 0 aliphatic carbocycles. The van der Waals surface area contributed by atoms with Gasteiger partial charge >= 0.3 is 0 Å². The smallest absolute Gasteiger partial charge is 0.222 e. The predicted octanol–water partition coefficient (Wildman–Crippen LogP) is 1.71. The lowest BCUT2D eigenvalue weighted by molar-refractivity contribution is -0.127. The van der Waals surface area contributed by atoms with E-state index in [0.717, 1.165) is 37.2 Å². The monoisotopic (exact) mass is 278 g/mol. The number of rotatable bonds is 6. The van der Waals surface area contributed by atoms with E-state index in [1.165, 1.54) is 0 Å². The van der Waals surface area contributed by atoms with Crippen molar-refractivity contribution in [3.8, 4) is 5.75 Å². The Hall–Kier alpha value is -1.62. The number of thiocarbonyl (C=S) groups is 1. The SMILES string of the molecule is NC(=S)c1ccc(OCCCN2CCCC2=O)cc1. The number of nitrogens with two attached hydrogens (primary N) is 1. The second kappa shape index (κ2) is 6.52. The van der Waals surface area contributed by atoms with E-state index in [-0.39, 0.29) is 5.91 Å². The Bertz CT molecular complexity index is 459. The number of hydrogen-bond acceptors (Lipinski definition) is 3. The first-order valence-electron chi connectivity index (χ1n) is 6.47. The molecule has 102 valence electrons. The van der Waals surface area contributed by atoms with Gasteiger partial charge in [-0.1, -0.05) is 12.2 Å². The van der Waals surface area contributed by atoms with Crippen LogP contribution in [0.4, 0.5) is 0 Å². The third-order valence-electron chi connectivity index (χ3n) is 3.15. The van der Waals surface area contributed by atoms with E-state index in [2.05, 4.69) is 0 Å². The quantitative estimate of drug-likeness (QED) is 0.636. The van der Waals surface area contributed by atoms with Crippen LogP contribution in [0.1, 0.15) is 24.8 Å². The summed E-state index contributed by atoms with van der Waals surface area (Å²) in [5.74, 6) is 1.06. The van der Waals surface area contributed by atoms with Gasteiger partial charge in [-0.05, 0) is 37.1 Å². The van der Waals surface area contributed by atoms with Crippen LogP contribution in [-0.4, -0.2) is 35.5 Å².